The first-order chi connectivity index (χ1) is 23.3. The van der Waals surface area contributed by atoms with E-state index in [-0.39, 0.29) is 25.1 Å². The fourth-order valence-electron chi connectivity index (χ4n) is 5.63. The van der Waals surface area contributed by atoms with Gasteiger partial charge in [-0.2, -0.15) is 0 Å². The number of phenols is 1. The molecule has 3 N–H and O–H groups in total. The van der Waals surface area contributed by atoms with Crippen molar-refractivity contribution in [1.29, 1.82) is 0 Å². The Balaban J connectivity index is 2.12. The van der Waals surface area contributed by atoms with Crippen molar-refractivity contribution in [2.24, 2.45) is 0 Å². The van der Waals surface area contributed by atoms with Crippen molar-refractivity contribution < 1.29 is 33.8 Å². The molecule has 0 aliphatic carbocycles. The zero-order valence-corrected chi connectivity index (χ0v) is 30.8. The molecule has 0 saturated heterocycles. The maximum Gasteiger partial charge on any atom is 0.408 e. The molecule has 270 valence electrons. The first-order valence-electron chi connectivity index (χ1n) is 17.1. The zero-order valence-electron chi connectivity index (χ0n) is 30.8. The molecule has 0 aliphatic heterocycles. The van der Waals surface area contributed by atoms with Crippen molar-refractivity contribution >= 4 is 23.9 Å². The highest BCUT2D eigenvalue weighted by Gasteiger charge is 2.38. The summed E-state index contributed by atoms with van der Waals surface area (Å²) in [6.45, 7) is 16.3. The Bertz CT molecular complexity index is 1590. The Morgan fingerprint density at radius 2 is 1.28 bits per heavy atom. The van der Waals surface area contributed by atoms with Crippen molar-refractivity contribution in [2.75, 3.05) is 6.54 Å². The van der Waals surface area contributed by atoms with Crippen LogP contribution in [0.1, 0.15) is 88.7 Å². The predicted octanol–water partition coefficient (Wildman–Crippen LogP) is 6.49. The molecule has 3 aromatic rings. The molecular weight excluding hydrogens is 634 g/mol. The van der Waals surface area contributed by atoms with Gasteiger partial charge in [0.1, 0.15) is 35.1 Å². The lowest BCUT2D eigenvalue weighted by Gasteiger charge is -2.35. The van der Waals surface area contributed by atoms with Crippen LogP contribution in [0.4, 0.5) is 4.79 Å². The minimum atomic E-state index is -1.16. The third-order valence-corrected chi connectivity index (χ3v) is 7.52. The van der Waals surface area contributed by atoms with E-state index in [0.717, 1.165) is 16.7 Å². The summed E-state index contributed by atoms with van der Waals surface area (Å²) < 4.78 is 11.3. The number of hydrogen-bond donors (Lipinski definition) is 3. The lowest BCUT2D eigenvalue weighted by Crippen LogP contribution is -2.55. The van der Waals surface area contributed by atoms with Gasteiger partial charge in [-0.3, -0.25) is 9.59 Å². The summed E-state index contributed by atoms with van der Waals surface area (Å²) >= 11 is 0. The Labute approximate surface area is 296 Å². The highest BCUT2D eigenvalue weighted by Crippen LogP contribution is 2.27. The van der Waals surface area contributed by atoms with E-state index in [4.69, 9.17) is 9.47 Å². The second kappa shape index (κ2) is 17.2. The lowest BCUT2D eigenvalue weighted by molar-refractivity contribution is -0.159. The fraction of sp³-hybridized carbons (Fsp3) is 0.450. The monoisotopic (exact) mass is 687 g/mol. The number of amides is 3. The number of aryl methyl sites for hydroxylation is 2. The standard InChI is InChI=1S/C40H53N3O7/c1-10-20-43(36(46)32(42-38(48)50-40(7,8)9)24-29-16-18-31(44)19-17-29)34(30-22-26(2)21-27(3)23-30)35(45)41-33(37(47)49-39(4,5)6)25-28-14-12-11-13-15-28/h11-19,21-23,32-34,44H,10,20,24-25H2,1-9H3,(H,41,45)(H,42,48). The van der Waals surface area contributed by atoms with Crippen LogP contribution in [-0.4, -0.2) is 63.7 Å². The molecule has 3 amide bonds. The second-order valence-electron chi connectivity index (χ2n) is 14.7. The molecule has 0 aromatic heterocycles. The van der Waals surface area contributed by atoms with Crippen LogP contribution in [0.2, 0.25) is 0 Å². The molecule has 3 atom stereocenters. The smallest absolute Gasteiger partial charge is 0.408 e. The number of carbonyl (C=O) groups is 4. The van der Waals surface area contributed by atoms with Gasteiger partial charge in [0, 0.05) is 19.4 Å². The third kappa shape index (κ3) is 12.5. The third-order valence-electron chi connectivity index (χ3n) is 7.52. The molecule has 0 saturated carbocycles. The number of aromatic hydroxyl groups is 1. The molecule has 0 radical (unpaired) electrons. The van der Waals surface area contributed by atoms with Crippen molar-refractivity contribution in [3.8, 4) is 5.75 Å². The number of nitrogens with zero attached hydrogens (tertiary/aromatic N) is 1. The Hall–Kier alpha value is -4.86. The van der Waals surface area contributed by atoms with Crippen LogP contribution < -0.4 is 10.6 Å². The van der Waals surface area contributed by atoms with Gasteiger partial charge in [0.15, 0.2) is 0 Å². The Morgan fingerprint density at radius 3 is 1.82 bits per heavy atom. The molecule has 3 aromatic carbocycles. The van der Waals surface area contributed by atoms with E-state index >= 15 is 0 Å². The first-order valence-corrected chi connectivity index (χ1v) is 17.1. The lowest BCUT2D eigenvalue weighted by atomic mass is 9.96. The van der Waals surface area contributed by atoms with E-state index in [9.17, 15) is 24.3 Å². The van der Waals surface area contributed by atoms with E-state index < -0.39 is 53.2 Å². The van der Waals surface area contributed by atoms with Gasteiger partial charge in [-0.05, 0) is 90.6 Å². The predicted molar refractivity (Wildman–Crippen MR) is 194 cm³/mol. The van der Waals surface area contributed by atoms with E-state index in [1.54, 1.807) is 53.7 Å². The molecule has 10 nitrogen and oxygen atoms in total. The zero-order chi connectivity index (χ0) is 37.2. The van der Waals surface area contributed by atoms with E-state index in [2.05, 4.69) is 10.6 Å². The maximum absolute atomic E-state index is 14.7. The molecule has 0 heterocycles. The molecule has 3 unspecified atom stereocenters. The summed E-state index contributed by atoms with van der Waals surface area (Å²) in [7, 11) is 0. The summed E-state index contributed by atoms with van der Waals surface area (Å²) in [5.74, 6) is -1.61. The number of benzene rings is 3. The Kier molecular flexibility index (Phi) is 13.6. The van der Waals surface area contributed by atoms with Gasteiger partial charge in [-0.25, -0.2) is 9.59 Å². The number of esters is 1. The molecular formula is C40H53N3O7. The second-order valence-corrected chi connectivity index (χ2v) is 14.7. The van der Waals surface area contributed by atoms with E-state index in [1.807, 2.05) is 69.3 Å². The summed E-state index contributed by atoms with van der Waals surface area (Å²) in [4.78, 5) is 57.5. The van der Waals surface area contributed by atoms with Crippen LogP contribution in [0.25, 0.3) is 0 Å². The number of alkyl carbamates (subject to hydrolysis) is 1. The number of nitrogens with one attached hydrogen (secondary N) is 2. The van der Waals surface area contributed by atoms with Crippen LogP contribution in [0.5, 0.6) is 5.75 Å². The van der Waals surface area contributed by atoms with Gasteiger partial charge in [-0.1, -0.05) is 78.7 Å². The maximum atomic E-state index is 14.7. The minimum Gasteiger partial charge on any atom is -0.508 e. The largest absolute Gasteiger partial charge is 0.508 e. The molecule has 0 spiro atoms. The molecule has 50 heavy (non-hydrogen) atoms. The van der Waals surface area contributed by atoms with Gasteiger partial charge < -0.3 is 30.1 Å². The fourth-order valence-corrected chi connectivity index (χ4v) is 5.63. The SMILES string of the molecule is CCCN(C(=O)C(Cc1ccc(O)cc1)NC(=O)OC(C)(C)C)C(C(=O)NC(Cc1ccccc1)C(=O)OC(C)(C)C)c1cc(C)cc(C)c1. The number of carbonyl (C=O) groups excluding carboxylic acids is 4. The molecule has 0 fully saturated rings. The van der Waals surface area contributed by atoms with Crippen LogP contribution in [0.15, 0.2) is 72.8 Å². The average Bonchev–Trinajstić information content (AvgIpc) is 2.99. The van der Waals surface area contributed by atoms with E-state index in [1.165, 1.54) is 17.0 Å². The molecule has 10 heteroatoms. The highest BCUT2D eigenvalue weighted by atomic mass is 16.6. The van der Waals surface area contributed by atoms with Gasteiger partial charge in [0.05, 0.1) is 0 Å². The van der Waals surface area contributed by atoms with Gasteiger partial charge in [0.2, 0.25) is 11.8 Å². The van der Waals surface area contributed by atoms with Crippen molar-refractivity contribution in [3.63, 3.8) is 0 Å². The topological polar surface area (TPSA) is 134 Å². The molecule has 0 bridgehead atoms. The van der Waals surface area contributed by atoms with Crippen LogP contribution in [-0.2, 0) is 36.7 Å². The highest BCUT2D eigenvalue weighted by molar-refractivity contribution is 5.94. The minimum absolute atomic E-state index is 0.0611. The summed E-state index contributed by atoms with van der Waals surface area (Å²) in [6, 6.07) is 18.0. The number of phenolic OH excluding ortho intramolecular Hbond substituents is 1. The van der Waals surface area contributed by atoms with Gasteiger partial charge in [0.25, 0.3) is 0 Å². The van der Waals surface area contributed by atoms with Gasteiger partial charge >= 0.3 is 12.1 Å². The van der Waals surface area contributed by atoms with Crippen molar-refractivity contribution in [1.82, 2.24) is 15.5 Å². The number of ether oxygens (including phenoxy) is 2. The number of hydrogen-bond acceptors (Lipinski definition) is 7. The summed E-state index contributed by atoms with van der Waals surface area (Å²) in [6.07, 6.45) is -0.0507. The van der Waals surface area contributed by atoms with Crippen LogP contribution in [0.3, 0.4) is 0 Å². The normalized spacial score (nSPS) is 13.4. The average molecular weight is 688 g/mol. The molecule has 3 rings (SSSR count). The van der Waals surface area contributed by atoms with Gasteiger partial charge in [-0.15, -0.1) is 0 Å². The van der Waals surface area contributed by atoms with Crippen molar-refractivity contribution in [2.45, 2.75) is 111 Å². The quantitative estimate of drug-likeness (QED) is 0.175. The van der Waals surface area contributed by atoms with E-state index in [0.29, 0.717) is 17.5 Å². The summed E-state index contributed by atoms with van der Waals surface area (Å²) in [5, 5.41) is 15.5. The first kappa shape index (κ1) is 39.6. The van der Waals surface area contributed by atoms with Crippen LogP contribution >= 0.6 is 0 Å². The number of rotatable bonds is 13. The Morgan fingerprint density at radius 1 is 0.740 bits per heavy atom. The summed E-state index contributed by atoms with van der Waals surface area (Å²) in [5.41, 5.74) is 2.21. The van der Waals surface area contributed by atoms with Crippen LogP contribution in [0, 0.1) is 13.8 Å². The molecule has 0 aliphatic rings. The van der Waals surface area contributed by atoms with Crippen molar-refractivity contribution in [3.05, 3.63) is 101 Å².